The minimum absolute atomic E-state index is 0.0170. The van der Waals surface area contributed by atoms with Gasteiger partial charge in [-0.2, -0.15) is 0 Å². The smallest absolute Gasteiger partial charge is 0.194 e. The largest absolute Gasteiger partial charge is 0.386 e. The van der Waals surface area contributed by atoms with Crippen LogP contribution in [0.1, 0.15) is 41.4 Å². The van der Waals surface area contributed by atoms with E-state index in [4.69, 9.17) is 4.74 Å². The number of morpholine rings is 1. The number of hydrogen-bond acceptors (Lipinski definition) is 4. The molecule has 1 aliphatic heterocycles. The second-order valence-electron chi connectivity index (χ2n) is 7.16. The Balaban J connectivity index is 1.72. The standard InChI is InChI=1S/C22H30N4O2/c1-4-24-22(25-14-20(27)18-7-9-23-10-8-18)26-11-12-28-21(15-26)19-6-5-16(2)13-17(19)3/h5-10,13,20-21,27H,4,11-12,14-15H2,1-3H3,(H,24,25). The van der Waals surface area contributed by atoms with E-state index in [9.17, 15) is 5.11 Å². The summed E-state index contributed by atoms with van der Waals surface area (Å²) in [6.07, 6.45) is 2.74. The van der Waals surface area contributed by atoms with Crippen LogP contribution in [0.15, 0.2) is 47.7 Å². The number of ether oxygens (including phenoxy) is 1. The molecule has 1 aromatic carbocycles. The van der Waals surface area contributed by atoms with E-state index in [0.29, 0.717) is 13.2 Å². The summed E-state index contributed by atoms with van der Waals surface area (Å²) < 4.78 is 6.06. The van der Waals surface area contributed by atoms with Crippen molar-refractivity contribution in [1.29, 1.82) is 0 Å². The van der Waals surface area contributed by atoms with Crippen LogP contribution < -0.4 is 5.32 Å². The Morgan fingerprint density at radius 3 is 2.82 bits per heavy atom. The van der Waals surface area contributed by atoms with Crippen LogP contribution in [-0.2, 0) is 4.74 Å². The lowest BCUT2D eigenvalue weighted by Crippen LogP contribution is -2.48. The first-order valence-electron chi connectivity index (χ1n) is 9.88. The van der Waals surface area contributed by atoms with Crippen molar-refractivity contribution < 1.29 is 9.84 Å². The van der Waals surface area contributed by atoms with Gasteiger partial charge >= 0.3 is 0 Å². The number of pyridine rings is 1. The maximum atomic E-state index is 10.4. The van der Waals surface area contributed by atoms with Gasteiger partial charge in [0.05, 0.1) is 25.8 Å². The van der Waals surface area contributed by atoms with Gasteiger partial charge < -0.3 is 20.1 Å². The molecule has 0 amide bonds. The van der Waals surface area contributed by atoms with Gasteiger partial charge in [0.2, 0.25) is 0 Å². The Kier molecular flexibility index (Phi) is 7.01. The molecule has 2 unspecified atom stereocenters. The first kappa shape index (κ1) is 20.3. The molecule has 1 aromatic heterocycles. The van der Waals surface area contributed by atoms with Crippen molar-refractivity contribution >= 4 is 5.96 Å². The summed E-state index contributed by atoms with van der Waals surface area (Å²) >= 11 is 0. The predicted octanol–water partition coefficient (Wildman–Crippen LogP) is 2.77. The average molecular weight is 383 g/mol. The lowest BCUT2D eigenvalue weighted by Gasteiger charge is -2.36. The van der Waals surface area contributed by atoms with Crippen LogP contribution in [0.25, 0.3) is 0 Å². The molecular weight excluding hydrogens is 352 g/mol. The highest BCUT2D eigenvalue weighted by molar-refractivity contribution is 5.80. The number of aromatic nitrogens is 1. The van der Waals surface area contributed by atoms with E-state index >= 15 is 0 Å². The van der Waals surface area contributed by atoms with E-state index in [0.717, 1.165) is 31.2 Å². The number of hydrogen-bond donors (Lipinski definition) is 2. The highest BCUT2D eigenvalue weighted by Gasteiger charge is 2.25. The minimum Gasteiger partial charge on any atom is -0.386 e. The molecule has 2 N–H and O–H groups in total. The van der Waals surface area contributed by atoms with Gasteiger partial charge in [-0.25, -0.2) is 0 Å². The molecule has 2 atom stereocenters. The zero-order valence-corrected chi connectivity index (χ0v) is 16.9. The van der Waals surface area contributed by atoms with E-state index in [2.05, 4.69) is 59.2 Å². The normalized spacial score (nSPS) is 18.8. The summed E-state index contributed by atoms with van der Waals surface area (Å²) in [5.41, 5.74) is 4.56. The minimum atomic E-state index is -0.646. The molecule has 0 aliphatic carbocycles. The molecule has 1 aliphatic rings. The maximum absolute atomic E-state index is 10.4. The topological polar surface area (TPSA) is 70.0 Å². The van der Waals surface area contributed by atoms with Crippen molar-refractivity contribution in [3.05, 3.63) is 65.0 Å². The third-order valence-electron chi connectivity index (χ3n) is 4.98. The Labute approximate surface area is 167 Å². The maximum Gasteiger partial charge on any atom is 0.194 e. The van der Waals surface area contributed by atoms with Crippen molar-refractivity contribution in [2.75, 3.05) is 32.8 Å². The molecule has 28 heavy (non-hydrogen) atoms. The Bertz CT molecular complexity index is 794. The zero-order valence-electron chi connectivity index (χ0n) is 16.9. The molecule has 0 saturated carbocycles. The number of aryl methyl sites for hydroxylation is 2. The fourth-order valence-corrected chi connectivity index (χ4v) is 3.51. The second-order valence-corrected chi connectivity index (χ2v) is 7.16. The number of guanidine groups is 1. The van der Waals surface area contributed by atoms with Crippen molar-refractivity contribution in [3.8, 4) is 0 Å². The van der Waals surface area contributed by atoms with Crippen LogP contribution in [0, 0.1) is 13.8 Å². The summed E-state index contributed by atoms with van der Waals surface area (Å²) in [4.78, 5) is 10.9. The van der Waals surface area contributed by atoms with Crippen LogP contribution in [0.3, 0.4) is 0 Å². The van der Waals surface area contributed by atoms with E-state index in [1.54, 1.807) is 12.4 Å². The van der Waals surface area contributed by atoms with Gasteiger partial charge in [-0.3, -0.25) is 9.98 Å². The summed E-state index contributed by atoms with van der Waals surface area (Å²) in [7, 11) is 0. The molecule has 2 aromatic rings. The van der Waals surface area contributed by atoms with E-state index in [1.165, 1.54) is 16.7 Å². The Morgan fingerprint density at radius 2 is 2.11 bits per heavy atom. The molecule has 2 heterocycles. The molecule has 1 saturated heterocycles. The number of nitrogens with one attached hydrogen (secondary N) is 1. The SMILES string of the molecule is CCNC(=NCC(O)c1ccncc1)N1CCOC(c2ccc(C)cc2C)C1. The number of aliphatic hydroxyl groups excluding tert-OH is 1. The number of nitrogens with zero attached hydrogens (tertiary/aromatic N) is 3. The average Bonchev–Trinajstić information content (AvgIpc) is 2.71. The van der Waals surface area contributed by atoms with Crippen LogP contribution in [0.4, 0.5) is 0 Å². The van der Waals surface area contributed by atoms with Gasteiger partial charge in [-0.15, -0.1) is 0 Å². The number of benzene rings is 1. The number of aliphatic hydroxyl groups is 1. The third-order valence-corrected chi connectivity index (χ3v) is 4.98. The Hall–Kier alpha value is -2.44. The van der Waals surface area contributed by atoms with E-state index in [-0.39, 0.29) is 6.10 Å². The monoisotopic (exact) mass is 382 g/mol. The van der Waals surface area contributed by atoms with Gasteiger partial charge in [-0.05, 0) is 49.6 Å². The van der Waals surface area contributed by atoms with Gasteiger partial charge in [0, 0.05) is 25.5 Å². The number of aliphatic imine (C=N–C) groups is 1. The van der Waals surface area contributed by atoms with Crippen molar-refractivity contribution in [2.45, 2.75) is 33.0 Å². The summed E-state index contributed by atoms with van der Waals surface area (Å²) in [5.74, 6) is 0.814. The Morgan fingerprint density at radius 1 is 1.32 bits per heavy atom. The molecule has 6 heteroatoms. The zero-order chi connectivity index (χ0) is 19.9. The lowest BCUT2D eigenvalue weighted by molar-refractivity contribution is -0.00840. The van der Waals surface area contributed by atoms with Crippen molar-refractivity contribution in [2.24, 2.45) is 4.99 Å². The van der Waals surface area contributed by atoms with Gasteiger partial charge in [0.15, 0.2) is 5.96 Å². The van der Waals surface area contributed by atoms with E-state index in [1.807, 2.05) is 12.1 Å². The summed E-state index contributed by atoms with van der Waals surface area (Å²) in [6, 6.07) is 10.1. The highest BCUT2D eigenvalue weighted by atomic mass is 16.5. The predicted molar refractivity (Wildman–Crippen MR) is 111 cm³/mol. The first-order valence-corrected chi connectivity index (χ1v) is 9.88. The van der Waals surface area contributed by atoms with E-state index < -0.39 is 6.10 Å². The van der Waals surface area contributed by atoms with Crippen LogP contribution >= 0.6 is 0 Å². The lowest BCUT2D eigenvalue weighted by atomic mass is 10.00. The fraction of sp³-hybridized carbons (Fsp3) is 0.455. The van der Waals surface area contributed by atoms with Crippen LogP contribution in [0.5, 0.6) is 0 Å². The summed E-state index contributed by atoms with van der Waals surface area (Å²) in [6.45, 7) is 9.53. The summed E-state index contributed by atoms with van der Waals surface area (Å²) in [5, 5.41) is 13.8. The highest BCUT2D eigenvalue weighted by Crippen LogP contribution is 2.26. The van der Waals surface area contributed by atoms with Gasteiger partial charge in [0.1, 0.15) is 6.10 Å². The third kappa shape index (κ3) is 5.09. The van der Waals surface area contributed by atoms with Crippen LogP contribution in [0.2, 0.25) is 0 Å². The second kappa shape index (κ2) is 9.66. The van der Waals surface area contributed by atoms with Crippen molar-refractivity contribution in [1.82, 2.24) is 15.2 Å². The van der Waals surface area contributed by atoms with Gasteiger partial charge in [-0.1, -0.05) is 23.8 Å². The quantitative estimate of drug-likeness (QED) is 0.615. The first-order chi connectivity index (χ1) is 13.6. The molecular formula is C22H30N4O2. The van der Waals surface area contributed by atoms with Gasteiger partial charge in [0.25, 0.3) is 0 Å². The molecule has 0 bridgehead atoms. The molecule has 3 rings (SSSR count). The molecule has 1 fully saturated rings. The molecule has 6 nitrogen and oxygen atoms in total. The molecule has 0 spiro atoms. The van der Waals surface area contributed by atoms with Crippen LogP contribution in [-0.4, -0.2) is 53.7 Å². The molecule has 150 valence electrons. The van der Waals surface area contributed by atoms with Crippen molar-refractivity contribution in [3.63, 3.8) is 0 Å². The number of rotatable bonds is 5. The molecule has 0 radical (unpaired) electrons. The fourth-order valence-electron chi connectivity index (χ4n) is 3.51.